The Morgan fingerprint density at radius 2 is 1.83 bits per heavy atom. The summed E-state index contributed by atoms with van der Waals surface area (Å²) >= 11 is 1.40. The van der Waals surface area contributed by atoms with Crippen molar-refractivity contribution >= 4 is 28.5 Å². The maximum absolute atomic E-state index is 12.6. The first-order valence-corrected chi connectivity index (χ1v) is 10.5. The first-order chi connectivity index (χ1) is 13.7. The van der Waals surface area contributed by atoms with Crippen LogP contribution in [-0.4, -0.2) is 47.7 Å². The van der Waals surface area contributed by atoms with Crippen molar-refractivity contribution in [2.75, 3.05) is 25.5 Å². The zero-order valence-electron chi connectivity index (χ0n) is 17.2. The molecular formula is C21H27N3O4S. The summed E-state index contributed by atoms with van der Waals surface area (Å²) in [6.45, 7) is 6.57. The van der Waals surface area contributed by atoms with E-state index in [0.717, 1.165) is 17.0 Å². The van der Waals surface area contributed by atoms with Gasteiger partial charge in [-0.05, 0) is 57.9 Å². The number of methoxy groups -OCH3 is 1. The highest BCUT2D eigenvalue weighted by atomic mass is 32.1. The van der Waals surface area contributed by atoms with E-state index in [0.29, 0.717) is 31.1 Å². The van der Waals surface area contributed by atoms with Crippen LogP contribution in [-0.2, 0) is 9.53 Å². The first kappa shape index (κ1) is 21.1. The predicted molar refractivity (Wildman–Crippen MR) is 113 cm³/mol. The fourth-order valence-electron chi connectivity index (χ4n) is 3.08. The minimum Gasteiger partial charge on any atom is -0.497 e. The van der Waals surface area contributed by atoms with Gasteiger partial charge in [0, 0.05) is 30.0 Å². The third-order valence-corrected chi connectivity index (χ3v) is 5.40. The quantitative estimate of drug-likeness (QED) is 0.797. The molecule has 1 aliphatic rings. The van der Waals surface area contributed by atoms with Crippen LogP contribution in [0.15, 0.2) is 29.6 Å². The highest BCUT2D eigenvalue weighted by Crippen LogP contribution is 2.28. The zero-order valence-corrected chi connectivity index (χ0v) is 18.0. The lowest BCUT2D eigenvalue weighted by molar-refractivity contribution is -0.121. The Bertz CT molecular complexity index is 850. The number of anilines is 1. The summed E-state index contributed by atoms with van der Waals surface area (Å²) in [7, 11) is 1.63. The normalized spacial score (nSPS) is 15.1. The molecule has 1 aromatic heterocycles. The van der Waals surface area contributed by atoms with Crippen LogP contribution >= 0.6 is 11.3 Å². The van der Waals surface area contributed by atoms with Gasteiger partial charge in [-0.15, -0.1) is 11.3 Å². The van der Waals surface area contributed by atoms with Gasteiger partial charge in [0.2, 0.25) is 5.91 Å². The van der Waals surface area contributed by atoms with Crippen molar-refractivity contribution in [1.82, 2.24) is 9.88 Å². The maximum Gasteiger partial charge on any atom is 0.410 e. The summed E-state index contributed by atoms with van der Waals surface area (Å²) < 4.78 is 10.6. The first-order valence-electron chi connectivity index (χ1n) is 9.64. The number of amides is 2. The number of likely N-dealkylation sites (tertiary alicyclic amines) is 1. The molecule has 1 N–H and O–H groups in total. The summed E-state index contributed by atoms with van der Waals surface area (Å²) in [5, 5.41) is 5.41. The van der Waals surface area contributed by atoms with Crippen LogP contribution in [0.1, 0.15) is 33.6 Å². The fraction of sp³-hybridized carbons (Fsp3) is 0.476. The Balaban J connectivity index is 1.52. The number of nitrogens with zero attached hydrogens (tertiary/aromatic N) is 2. The third-order valence-electron chi connectivity index (χ3n) is 4.64. The van der Waals surface area contributed by atoms with E-state index in [9.17, 15) is 9.59 Å². The van der Waals surface area contributed by atoms with E-state index < -0.39 is 5.60 Å². The van der Waals surface area contributed by atoms with Crippen molar-refractivity contribution in [2.24, 2.45) is 5.92 Å². The fourth-order valence-corrected chi connectivity index (χ4v) is 3.81. The lowest BCUT2D eigenvalue weighted by atomic mass is 9.96. The Morgan fingerprint density at radius 3 is 2.41 bits per heavy atom. The molecule has 2 amide bonds. The second-order valence-corrected chi connectivity index (χ2v) is 8.86. The highest BCUT2D eigenvalue weighted by Gasteiger charge is 2.30. The number of hydrogen-bond acceptors (Lipinski definition) is 6. The van der Waals surface area contributed by atoms with Crippen molar-refractivity contribution < 1.29 is 19.1 Å². The van der Waals surface area contributed by atoms with E-state index in [1.54, 1.807) is 12.0 Å². The Labute approximate surface area is 175 Å². The number of carbonyl (C=O) groups excluding carboxylic acids is 2. The van der Waals surface area contributed by atoms with Gasteiger partial charge in [-0.2, -0.15) is 0 Å². The lowest BCUT2D eigenvalue weighted by Crippen LogP contribution is -2.43. The van der Waals surface area contributed by atoms with Gasteiger partial charge >= 0.3 is 6.09 Å². The number of rotatable bonds is 4. The molecule has 29 heavy (non-hydrogen) atoms. The van der Waals surface area contributed by atoms with E-state index in [4.69, 9.17) is 9.47 Å². The molecule has 0 bridgehead atoms. The number of thiazole rings is 1. The molecular weight excluding hydrogens is 390 g/mol. The molecule has 0 aliphatic carbocycles. The third kappa shape index (κ3) is 5.69. The molecule has 0 atom stereocenters. The average molecular weight is 418 g/mol. The lowest BCUT2D eigenvalue weighted by Gasteiger charge is -2.32. The molecule has 0 unspecified atom stereocenters. The molecule has 1 aliphatic heterocycles. The number of aromatic nitrogens is 1. The highest BCUT2D eigenvalue weighted by molar-refractivity contribution is 7.14. The number of benzene rings is 1. The van der Waals surface area contributed by atoms with Crippen LogP contribution in [0.5, 0.6) is 5.75 Å². The maximum atomic E-state index is 12.6. The standard InChI is InChI=1S/C21H27N3O4S/c1-21(2,3)28-20(26)24-11-9-15(10-12-24)18(25)23-19-22-17(13-29-19)14-5-7-16(27-4)8-6-14/h5-8,13,15H,9-12H2,1-4H3,(H,22,23,25). The van der Waals surface area contributed by atoms with Gasteiger partial charge in [0.1, 0.15) is 11.4 Å². The van der Waals surface area contributed by atoms with E-state index in [1.165, 1.54) is 11.3 Å². The van der Waals surface area contributed by atoms with Gasteiger partial charge in [0.25, 0.3) is 0 Å². The Kier molecular flexibility index (Phi) is 6.42. The van der Waals surface area contributed by atoms with Gasteiger partial charge in [-0.25, -0.2) is 9.78 Å². The number of nitrogens with one attached hydrogen (secondary N) is 1. The molecule has 1 aromatic carbocycles. The molecule has 0 spiro atoms. The number of ether oxygens (including phenoxy) is 2. The van der Waals surface area contributed by atoms with E-state index >= 15 is 0 Å². The minimum absolute atomic E-state index is 0.0514. The number of carbonyl (C=O) groups is 2. The van der Waals surface area contributed by atoms with Crippen molar-refractivity contribution in [3.8, 4) is 17.0 Å². The van der Waals surface area contributed by atoms with Gasteiger partial charge in [-0.1, -0.05) is 0 Å². The van der Waals surface area contributed by atoms with Crippen molar-refractivity contribution in [3.63, 3.8) is 0 Å². The SMILES string of the molecule is COc1ccc(-c2csc(NC(=O)C3CCN(C(=O)OC(C)(C)C)CC3)n2)cc1. The summed E-state index contributed by atoms with van der Waals surface area (Å²) in [5.74, 6) is 0.599. The topological polar surface area (TPSA) is 80.8 Å². The van der Waals surface area contributed by atoms with Crippen molar-refractivity contribution in [3.05, 3.63) is 29.6 Å². The smallest absolute Gasteiger partial charge is 0.410 e. The molecule has 7 nitrogen and oxygen atoms in total. The Hall–Kier alpha value is -2.61. The summed E-state index contributed by atoms with van der Waals surface area (Å²) in [6, 6.07) is 7.63. The number of hydrogen-bond donors (Lipinski definition) is 1. The van der Waals surface area contributed by atoms with Gasteiger partial charge < -0.3 is 19.7 Å². The van der Waals surface area contributed by atoms with Crippen molar-refractivity contribution in [1.29, 1.82) is 0 Å². The van der Waals surface area contributed by atoms with Crippen LogP contribution in [0.25, 0.3) is 11.3 Å². The van der Waals surface area contributed by atoms with Crippen LogP contribution in [0.4, 0.5) is 9.93 Å². The molecule has 0 saturated carbocycles. The predicted octanol–water partition coefficient (Wildman–Crippen LogP) is 4.40. The largest absolute Gasteiger partial charge is 0.497 e. The van der Waals surface area contributed by atoms with Crippen LogP contribution in [0.2, 0.25) is 0 Å². The van der Waals surface area contributed by atoms with Gasteiger partial charge in [0.05, 0.1) is 12.8 Å². The molecule has 3 rings (SSSR count). The molecule has 1 fully saturated rings. The summed E-state index contributed by atoms with van der Waals surface area (Å²) in [5.41, 5.74) is 1.26. The molecule has 156 valence electrons. The Morgan fingerprint density at radius 1 is 1.17 bits per heavy atom. The van der Waals surface area contributed by atoms with Crippen LogP contribution in [0.3, 0.4) is 0 Å². The molecule has 8 heteroatoms. The second kappa shape index (κ2) is 8.82. The molecule has 2 aromatic rings. The molecule has 1 saturated heterocycles. The monoisotopic (exact) mass is 417 g/mol. The van der Waals surface area contributed by atoms with Crippen molar-refractivity contribution in [2.45, 2.75) is 39.2 Å². The van der Waals surface area contributed by atoms with Crippen LogP contribution in [0, 0.1) is 5.92 Å². The second-order valence-electron chi connectivity index (χ2n) is 8.00. The average Bonchev–Trinajstić information content (AvgIpc) is 3.15. The zero-order chi connectivity index (χ0) is 21.0. The molecule has 2 heterocycles. The summed E-state index contributed by atoms with van der Waals surface area (Å²) in [6.07, 6.45) is 0.907. The van der Waals surface area contributed by atoms with E-state index in [-0.39, 0.29) is 17.9 Å². The van der Waals surface area contributed by atoms with Gasteiger partial charge in [0.15, 0.2) is 5.13 Å². The van der Waals surface area contributed by atoms with E-state index in [2.05, 4.69) is 10.3 Å². The summed E-state index contributed by atoms with van der Waals surface area (Å²) in [4.78, 5) is 30.9. The van der Waals surface area contributed by atoms with Crippen LogP contribution < -0.4 is 10.1 Å². The van der Waals surface area contributed by atoms with E-state index in [1.807, 2.05) is 50.4 Å². The molecule has 0 radical (unpaired) electrons. The number of piperidine rings is 1. The minimum atomic E-state index is -0.516. The van der Waals surface area contributed by atoms with Gasteiger partial charge in [-0.3, -0.25) is 4.79 Å².